The van der Waals surface area contributed by atoms with Gasteiger partial charge in [0.15, 0.2) is 0 Å². The smallest absolute Gasteiger partial charge is 0.280 e. The second-order valence-electron chi connectivity index (χ2n) is 6.96. The van der Waals surface area contributed by atoms with Crippen LogP contribution in [-0.2, 0) is 24.2 Å². The van der Waals surface area contributed by atoms with Gasteiger partial charge in [0.2, 0.25) is 5.91 Å². The summed E-state index contributed by atoms with van der Waals surface area (Å²) in [5.74, 6) is 2.38. The first-order chi connectivity index (χ1) is 12.6. The zero-order valence-corrected chi connectivity index (χ0v) is 15.0. The van der Waals surface area contributed by atoms with E-state index in [0.717, 1.165) is 36.8 Å². The molecule has 0 aliphatic carbocycles. The molecule has 0 saturated carbocycles. The Balaban J connectivity index is 1.47. The maximum absolute atomic E-state index is 12.6. The van der Waals surface area contributed by atoms with Crippen molar-refractivity contribution in [2.75, 3.05) is 24.5 Å². The second-order valence-corrected chi connectivity index (χ2v) is 6.96. The van der Waals surface area contributed by atoms with Crippen molar-refractivity contribution in [2.45, 2.75) is 45.6 Å². The first-order valence-corrected chi connectivity index (χ1v) is 9.16. The van der Waals surface area contributed by atoms with Crippen LogP contribution >= 0.6 is 0 Å². The number of carbonyl (C=O) groups is 1. The minimum absolute atomic E-state index is 0.0542. The van der Waals surface area contributed by atoms with Crippen LogP contribution < -0.4 is 10.5 Å². The van der Waals surface area contributed by atoms with Crippen molar-refractivity contribution < 1.29 is 9.32 Å². The number of rotatable bonds is 4. The van der Waals surface area contributed by atoms with E-state index in [1.807, 2.05) is 11.8 Å². The van der Waals surface area contributed by atoms with Gasteiger partial charge in [-0.05, 0) is 26.2 Å². The number of aryl methyl sites for hydroxylation is 2. The molecule has 4 rings (SSSR count). The summed E-state index contributed by atoms with van der Waals surface area (Å²) in [4.78, 5) is 37.1. The molecule has 1 N–H and O–H groups in total. The van der Waals surface area contributed by atoms with E-state index in [-0.39, 0.29) is 11.5 Å². The van der Waals surface area contributed by atoms with Crippen molar-refractivity contribution in [3.63, 3.8) is 0 Å². The van der Waals surface area contributed by atoms with Crippen molar-refractivity contribution in [2.24, 2.45) is 0 Å². The first-order valence-electron chi connectivity index (χ1n) is 9.16. The van der Waals surface area contributed by atoms with Crippen LogP contribution in [-0.4, -0.2) is 45.6 Å². The number of nitrogens with one attached hydrogen (secondary N) is 1. The number of nitrogens with zero attached hydrogens (tertiary/aromatic N) is 4. The average Bonchev–Trinajstić information content (AvgIpc) is 3.30. The number of H-pyrrole nitrogens is 1. The lowest BCUT2D eigenvalue weighted by Gasteiger charge is -2.31. The Kier molecular flexibility index (Phi) is 4.48. The van der Waals surface area contributed by atoms with Gasteiger partial charge in [0.25, 0.3) is 5.56 Å². The number of amides is 1. The average molecular weight is 357 g/mol. The standard InChI is InChI=1S/C18H23N5O3/c1-12-19-15-11-23(17(25)5-4-13-10-16(24)21-26-13)9-6-14(15)18(20-12)22-7-2-3-8-22/h10H,2-9,11H2,1H3,(H,21,24). The molecule has 0 bridgehead atoms. The van der Waals surface area contributed by atoms with Gasteiger partial charge in [0.05, 0.1) is 12.2 Å². The van der Waals surface area contributed by atoms with Crippen molar-refractivity contribution in [1.82, 2.24) is 20.0 Å². The molecule has 8 nitrogen and oxygen atoms in total. The van der Waals surface area contributed by atoms with Crippen molar-refractivity contribution in [3.8, 4) is 0 Å². The SMILES string of the molecule is Cc1nc2c(c(N3CCCC3)n1)CCN(C(=O)CCc1cc(=O)[nH]o1)C2. The summed E-state index contributed by atoms with van der Waals surface area (Å²) < 4.78 is 5.01. The van der Waals surface area contributed by atoms with E-state index in [1.54, 1.807) is 0 Å². The molecular formula is C18H23N5O3. The van der Waals surface area contributed by atoms with Gasteiger partial charge in [-0.3, -0.25) is 9.59 Å². The molecule has 1 amide bonds. The van der Waals surface area contributed by atoms with E-state index in [2.05, 4.69) is 20.0 Å². The highest BCUT2D eigenvalue weighted by Gasteiger charge is 2.27. The third kappa shape index (κ3) is 3.36. The maximum atomic E-state index is 12.6. The monoisotopic (exact) mass is 357 g/mol. The van der Waals surface area contributed by atoms with E-state index in [1.165, 1.54) is 24.5 Å². The van der Waals surface area contributed by atoms with Crippen LogP contribution in [0, 0.1) is 6.92 Å². The van der Waals surface area contributed by atoms with Crippen LogP contribution in [0.15, 0.2) is 15.4 Å². The Hall–Kier alpha value is -2.64. The zero-order valence-electron chi connectivity index (χ0n) is 15.0. The molecule has 2 aromatic heterocycles. The van der Waals surface area contributed by atoms with Crippen LogP contribution in [0.25, 0.3) is 0 Å². The van der Waals surface area contributed by atoms with E-state index >= 15 is 0 Å². The Morgan fingerprint density at radius 3 is 2.81 bits per heavy atom. The highest BCUT2D eigenvalue weighted by Crippen LogP contribution is 2.29. The van der Waals surface area contributed by atoms with Gasteiger partial charge in [-0.1, -0.05) is 0 Å². The molecule has 4 heterocycles. The summed E-state index contributed by atoms with van der Waals surface area (Å²) in [6, 6.07) is 1.39. The number of carbonyl (C=O) groups excluding carboxylic acids is 1. The summed E-state index contributed by atoms with van der Waals surface area (Å²) >= 11 is 0. The van der Waals surface area contributed by atoms with Gasteiger partial charge in [-0.2, -0.15) is 5.16 Å². The van der Waals surface area contributed by atoms with Gasteiger partial charge in [0, 0.05) is 44.1 Å². The third-order valence-electron chi connectivity index (χ3n) is 5.07. The third-order valence-corrected chi connectivity index (χ3v) is 5.07. The molecule has 1 saturated heterocycles. The quantitative estimate of drug-likeness (QED) is 0.883. The molecule has 1 fully saturated rings. The van der Waals surface area contributed by atoms with E-state index in [4.69, 9.17) is 4.52 Å². The molecule has 2 aromatic rings. The number of aromatic amines is 1. The van der Waals surface area contributed by atoms with Crippen LogP contribution in [0.1, 0.15) is 42.1 Å². The predicted molar refractivity (Wildman–Crippen MR) is 95.0 cm³/mol. The van der Waals surface area contributed by atoms with Crippen molar-refractivity contribution in [1.29, 1.82) is 0 Å². The van der Waals surface area contributed by atoms with Crippen LogP contribution in [0.4, 0.5) is 5.82 Å². The second kappa shape index (κ2) is 6.93. The Labute approximate surface area is 151 Å². The van der Waals surface area contributed by atoms with Gasteiger partial charge in [-0.15, -0.1) is 0 Å². The molecule has 2 aliphatic heterocycles. The largest absolute Gasteiger partial charge is 0.384 e. The molecule has 2 aliphatic rings. The minimum atomic E-state index is -0.277. The fourth-order valence-electron chi connectivity index (χ4n) is 3.77. The lowest BCUT2D eigenvalue weighted by atomic mass is 10.0. The van der Waals surface area contributed by atoms with Crippen molar-refractivity contribution in [3.05, 3.63) is 39.3 Å². The summed E-state index contributed by atoms with van der Waals surface area (Å²) in [5, 5.41) is 2.25. The molecule has 0 atom stereocenters. The summed E-state index contributed by atoms with van der Waals surface area (Å²) in [7, 11) is 0. The lowest BCUT2D eigenvalue weighted by Crippen LogP contribution is -2.38. The van der Waals surface area contributed by atoms with Crippen LogP contribution in [0.2, 0.25) is 0 Å². The number of anilines is 1. The fraction of sp³-hybridized carbons (Fsp3) is 0.556. The molecular weight excluding hydrogens is 334 g/mol. The number of fused-ring (bicyclic) bond motifs is 1. The maximum Gasteiger partial charge on any atom is 0.280 e. The zero-order chi connectivity index (χ0) is 18.1. The van der Waals surface area contributed by atoms with Crippen LogP contribution in [0.3, 0.4) is 0 Å². The van der Waals surface area contributed by atoms with Gasteiger partial charge >= 0.3 is 0 Å². The lowest BCUT2D eigenvalue weighted by molar-refractivity contribution is -0.132. The molecule has 138 valence electrons. The van der Waals surface area contributed by atoms with Crippen LogP contribution in [0.5, 0.6) is 0 Å². The Bertz CT molecular complexity index is 866. The summed E-state index contributed by atoms with van der Waals surface area (Å²) in [5.41, 5.74) is 1.88. The molecule has 0 unspecified atom stereocenters. The minimum Gasteiger partial charge on any atom is -0.384 e. The number of hydrogen-bond acceptors (Lipinski definition) is 6. The van der Waals surface area contributed by atoms with Gasteiger partial charge < -0.3 is 14.3 Å². The predicted octanol–water partition coefficient (Wildman–Crippen LogP) is 1.18. The Morgan fingerprint density at radius 1 is 1.27 bits per heavy atom. The number of hydrogen-bond donors (Lipinski definition) is 1. The Morgan fingerprint density at radius 2 is 2.08 bits per heavy atom. The molecule has 0 radical (unpaired) electrons. The van der Waals surface area contributed by atoms with Crippen molar-refractivity contribution >= 4 is 11.7 Å². The molecule has 8 heteroatoms. The molecule has 26 heavy (non-hydrogen) atoms. The summed E-state index contributed by atoms with van der Waals surface area (Å²) in [6.45, 7) is 5.21. The highest BCUT2D eigenvalue weighted by molar-refractivity contribution is 5.76. The molecule has 0 aromatic carbocycles. The van der Waals surface area contributed by atoms with Gasteiger partial charge in [-0.25, -0.2) is 9.97 Å². The van der Waals surface area contributed by atoms with E-state index in [0.29, 0.717) is 31.7 Å². The summed E-state index contributed by atoms with van der Waals surface area (Å²) in [6.07, 6.45) is 3.93. The first kappa shape index (κ1) is 16.8. The highest BCUT2D eigenvalue weighted by atomic mass is 16.5. The topological polar surface area (TPSA) is 95.3 Å². The normalized spacial score (nSPS) is 16.8. The van der Waals surface area contributed by atoms with E-state index in [9.17, 15) is 9.59 Å². The van der Waals surface area contributed by atoms with E-state index < -0.39 is 0 Å². The molecule has 0 spiro atoms. The number of aromatic nitrogens is 3. The fourth-order valence-corrected chi connectivity index (χ4v) is 3.77. The van der Waals surface area contributed by atoms with Gasteiger partial charge in [0.1, 0.15) is 17.4 Å².